The molecule has 0 aliphatic carbocycles. The largest absolute Gasteiger partial charge is 0.298 e. The Morgan fingerprint density at radius 1 is 1.64 bits per heavy atom. The molecule has 4 heteroatoms. The number of rotatable bonds is 2. The van der Waals surface area contributed by atoms with Gasteiger partial charge in [-0.1, -0.05) is 25.4 Å². The SMILES string of the molecule is CC1(C)CCN(Cc2cnc(Cl)s2)C1. The van der Waals surface area contributed by atoms with Crippen molar-refractivity contribution in [1.29, 1.82) is 0 Å². The second-order valence-corrected chi connectivity index (χ2v) is 6.40. The second-order valence-electron chi connectivity index (χ2n) is 4.70. The van der Waals surface area contributed by atoms with Gasteiger partial charge in [0.05, 0.1) is 0 Å². The monoisotopic (exact) mass is 230 g/mol. The number of hydrogen-bond acceptors (Lipinski definition) is 3. The van der Waals surface area contributed by atoms with Gasteiger partial charge >= 0.3 is 0 Å². The maximum absolute atomic E-state index is 5.79. The van der Waals surface area contributed by atoms with Crippen molar-refractivity contribution in [2.45, 2.75) is 26.8 Å². The zero-order valence-corrected chi connectivity index (χ0v) is 10.2. The van der Waals surface area contributed by atoms with Crippen LogP contribution in [-0.4, -0.2) is 23.0 Å². The molecule has 2 heterocycles. The normalized spacial score (nSPS) is 21.6. The van der Waals surface area contributed by atoms with Crippen LogP contribution in [0.1, 0.15) is 25.1 Å². The van der Waals surface area contributed by atoms with Crippen LogP contribution in [0.5, 0.6) is 0 Å². The van der Waals surface area contributed by atoms with Crippen LogP contribution in [0, 0.1) is 5.41 Å². The van der Waals surface area contributed by atoms with Gasteiger partial charge in [-0.15, -0.1) is 11.3 Å². The summed E-state index contributed by atoms with van der Waals surface area (Å²) in [7, 11) is 0. The van der Waals surface area contributed by atoms with Gasteiger partial charge in [0.2, 0.25) is 0 Å². The first kappa shape index (κ1) is 10.4. The molecule has 2 rings (SSSR count). The van der Waals surface area contributed by atoms with Gasteiger partial charge in [-0.3, -0.25) is 4.90 Å². The van der Waals surface area contributed by atoms with E-state index in [4.69, 9.17) is 11.6 Å². The van der Waals surface area contributed by atoms with E-state index in [1.165, 1.54) is 24.4 Å². The summed E-state index contributed by atoms with van der Waals surface area (Å²) < 4.78 is 0.651. The Bertz CT molecular complexity index is 322. The van der Waals surface area contributed by atoms with Crippen molar-refractivity contribution in [3.8, 4) is 0 Å². The highest BCUT2D eigenvalue weighted by atomic mass is 35.5. The minimum atomic E-state index is 0.481. The third-order valence-electron chi connectivity index (χ3n) is 2.66. The van der Waals surface area contributed by atoms with E-state index in [1.807, 2.05) is 6.20 Å². The molecule has 1 aliphatic rings. The van der Waals surface area contributed by atoms with Crippen molar-refractivity contribution in [3.05, 3.63) is 15.5 Å². The molecule has 0 saturated carbocycles. The molecule has 0 atom stereocenters. The van der Waals surface area contributed by atoms with Crippen molar-refractivity contribution in [3.63, 3.8) is 0 Å². The van der Waals surface area contributed by atoms with Gasteiger partial charge in [-0.05, 0) is 18.4 Å². The first-order valence-electron chi connectivity index (χ1n) is 4.88. The molecule has 78 valence electrons. The van der Waals surface area contributed by atoms with E-state index < -0.39 is 0 Å². The molecule has 0 spiro atoms. The Kier molecular flexibility index (Phi) is 2.82. The Morgan fingerprint density at radius 3 is 2.93 bits per heavy atom. The fraction of sp³-hybridized carbons (Fsp3) is 0.700. The summed E-state index contributed by atoms with van der Waals surface area (Å²) in [6.45, 7) is 8.04. The molecule has 1 aromatic rings. The number of halogens is 1. The molecular formula is C10H15ClN2S. The molecule has 1 aliphatic heterocycles. The van der Waals surface area contributed by atoms with Crippen molar-refractivity contribution < 1.29 is 0 Å². The van der Waals surface area contributed by atoms with Gasteiger partial charge in [0.25, 0.3) is 0 Å². The smallest absolute Gasteiger partial charge is 0.183 e. The average molecular weight is 231 g/mol. The van der Waals surface area contributed by atoms with Gasteiger partial charge < -0.3 is 0 Å². The van der Waals surface area contributed by atoms with Crippen molar-refractivity contribution in [1.82, 2.24) is 9.88 Å². The highest BCUT2D eigenvalue weighted by Gasteiger charge is 2.29. The molecule has 1 saturated heterocycles. The summed E-state index contributed by atoms with van der Waals surface area (Å²) in [4.78, 5) is 7.80. The maximum atomic E-state index is 5.79. The second kappa shape index (κ2) is 3.80. The van der Waals surface area contributed by atoms with Crippen LogP contribution in [0.3, 0.4) is 0 Å². The summed E-state index contributed by atoms with van der Waals surface area (Å²) in [6, 6.07) is 0. The predicted octanol–water partition coefficient (Wildman–Crippen LogP) is 3.03. The molecule has 0 aromatic carbocycles. The van der Waals surface area contributed by atoms with E-state index in [-0.39, 0.29) is 0 Å². The van der Waals surface area contributed by atoms with E-state index in [0.29, 0.717) is 9.88 Å². The lowest BCUT2D eigenvalue weighted by molar-refractivity contribution is 0.286. The molecule has 0 bridgehead atoms. The van der Waals surface area contributed by atoms with E-state index in [2.05, 4.69) is 23.7 Å². The zero-order chi connectivity index (χ0) is 10.2. The first-order chi connectivity index (χ1) is 6.55. The molecule has 1 fully saturated rings. The fourth-order valence-corrected chi connectivity index (χ4v) is 2.96. The van der Waals surface area contributed by atoms with Crippen LogP contribution in [0.2, 0.25) is 4.47 Å². The highest BCUT2D eigenvalue weighted by molar-refractivity contribution is 7.15. The molecule has 14 heavy (non-hydrogen) atoms. The molecule has 1 aromatic heterocycles. The van der Waals surface area contributed by atoms with E-state index in [1.54, 1.807) is 11.3 Å². The third-order valence-corrected chi connectivity index (χ3v) is 3.76. The Morgan fingerprint density at radius 2 is 2.43 bits per heavy atom. The van der Waals surface area contributed by atoms with E-state index in [9.17, 15) is 0 Å². The van der Waals surface area contributed by atoms with Crippen LogP contribution in [0.25, 0.3) is 0 Å². The lowest BCUT2D eigenvalue weighted by Gasteiger charge is -2.18. The number of hydrogen-bond donors (Lipinski definition) is 0. The van der Waals surface area contributed by atoms with Gasteiger partial charge in [0, 0.05) is 24.2 Å². The molecule has 0 N–H and O–H groups in total. The van der Waals surface area contributed by atoms with Gasteiger partial charge in [-0.2, -0.15) is 0 Å². The predicted molar refractivity (Wildman–Crippen MR) is 60.8 cm³/mol. The fourth-order valence-electron chi connectivity index (χ4n) is 1.94. The van der Waals surface area contributed by atoms with Gasteiger partial charge in [0.15, 0.2) is 4.47 Å². The average Bonchev–Trinajstić information content (AvgIpc) is 2.59. The molecular weight excluding hydrogens is 216 g/mol. The lowest BCUT2D eigenvalue weighted by atomic mass is 9.93. The molecule has 0 amide bonds. The maximum Gasteiger partial charge on any atom is 0.183 e. The number of likely N-dealkylation sites (tertiary alicyclic amines) is 1. The van der Waals surface area contributed by atoms with E-state index >= 15 is 0 Å². The van der Waals surface area contributed by atoms with Crippen LogP contribution >= 0.6 is 22.9 Å². The summed E-state index contributed by atoms with van der Waals surface area (Å²) in [5, 5.41) is 0. The molecule has 2 nitrogen and oxygen atoms in total. The third kappa shape index (κ3) is 2.47. The number of thiazole rings is 1. The standard InChI is InChI=1S/C10H15ClN2S/c1-10(2)3-4-13(7-10)6-8-5-12-9(11)14-8/h5H,3-4,6-7H2,1-2H3. The Balaban J connectivity index is 1.94. The molecule has 0 unspecified atom stereocenters. The van der Waals surface area contributed by atoms with Crippen molar-refractivity contribution in [2.75, 3.05) is 13.1 Å². The summed E-state index contributed by atoms with van der Waals surface area (Å²) in [5.41, 5.74) is 0.481. The Hall–Kier alpha value is -0.120. The summed E-state index contributed by atoms with van der Waals surface area (Å²) in [6.07, 6.45) is 3.18. The van der Waals surface area contributed by atoms with Crippen LogP contribution in [0.15, 0.2) is 6.20 Å². The lowest BCUT2D eigenvalue weighted by Crippen LogP contribution is -2.22. The van der Waals surface area contributed by atoms with Gasteiger partial charge in [-0.25, -0.2) is 4.98 Å². The first-order valence-corrected chi connectivity index (χ1v) is 6.07. The minimum Gasteiger partial charge on any atom is -0.298 e. The topological polar surface area (TPSA) is 16.1 Å². The van der Waals surface area contributed by atoms with Crippen molar-refractivity contribution in [2.24, 2.45) is 5.41 Å². The quantitative estimate of drug-likeness (QED) is 0.777. The highest BCUT2D eigenvalue weighted by Crippen LogP contribution is 2.30. The molecule has 0 radical (unpaired) electrons. The van der Waals surface area contributed by atoms with Crippen LogP contribution < -0.4 is 0 Å². The summed E-state index contributed by atoms with van der Waals surface area (Å²) in [5.74, 6) is 0. The summed E-state index contributed by atoms with van der Waals surface area (Å²) >= 11 is 7.38. The van der Waals surface area contributed by atoms with Crippen LogP contribution in [0.4, 0.5) is 0 Å². The van der Waals surface area contributed by atoms with Crippen LogP contribution in [-0.2, 0) is 6.54 Å². The van der Waals surface area contributed by atoms with Crippen molar-refractivity contribution >= 4 is 22.9 Å². The van der Waals surface area contributed by atoms with Gasteiger partial charge in [0.1, 0.15) is 0 Å². The van der Waals surface area contributed by atoms with E-state index in [0.717, 1.165) is 6.54 Å². The zero-order valence-electron chi connectivity index (χ0n) is 8.59. The Labute approximate surface area is 93.9 Å². The minimum absolute atomic E-state index is 0.481. The number of aromatic nitrogens is 1. The number of nitrogens with zero attached hydrogens (tertiary/aromatic N) is 2.